The fraction of sp³-hybridized carbons (Fsp3) is 0.444. The van der Waals surface area contributed by atoms with Crippen molar-refractivity contribution in [3.63, 3.8) is 0 Å². The van der Waals surface area contributed by atoms with E-state index in [4.69, 9.17) is 0 Å². The second kappa shape index (κ2) is 6.87. The third-order valence-corrected chi connectivity index (χ3v) is 3.64. The summed E-state index contributed by atoms with van der Waals surface area (Å²) in [6, 6.07) is 14.8. The zero-order chi connectivity index (χ0) is 14.5. The Hall–Kier alpha value is -1.38. The molecule has 0 bridgehead atoms. The highest BCUT2D eigenvalue weighted by Crippen LogP contribution is 2.20. The summed E-state index contributed by atoms with van der Waals surface area (Å²) in [5.74, 6) is 0.676. The van der Waals surface area contributed by atoms with Crippen LogP contribution in [0.2, 0.25) is 0 Å². The van der Waals surface area contributed by atoms with Crippen molar-refractivity contribution in [2.75, 3.05) is 6.54 Å². The van der Waals surface area contributed by atoms with Gasteiger partial charge in [0.25, 0.3) is 0 Å². The van der Waals surface area contributed by atoms with E-state index in [9.17, 15) is 5.11 Å². The standard InChI is InChI=1S/C18H25NO/c1-13(2)10-14(3)19-12-18(20)17-9-8-15-6-4-5-7-16(15)11-17/h4-9,11,13-14,18-20H,10,12H2,1-3H3. The molecule has 0 spiro atoms. The van der Waals surface area contributed by atoms with Gasteiger partial charge in [-0.1, -0.05) is 50.2 Å². The van der Waals surface area contributed by atoms with Crippen LogP contribution in [0.15, 0.2) is 42.5 Å². The van der Waals surface area contributed by atoms with E-state index in [0.29, 0.717) is 18.5 Å². The molecule has 0 aliphatic heterocycles. The minimum Gasteiger partial charge on any atom is -0.387 e. The van der Waals surface area contributed by atoms with E-state index in [2.05, 4.69) is 50.4 Å². The van der Waals surface area contributed by atoms with Crippen LogP contribution in [0, 0.1) is 5.92 Å². The Bertz CT molecular complexity index is 550. The quantitative estimate of drug-likeness (QED) is 0.835. The summed E-state index contributed by atoms with van der Waals surface area (Å²) in [5.41, 5.74) is 0.980. The SMILES string of the molecule is CC(C)CC(C)NCC(O)c1ccc2ccccc2c1. The summed E-state index contributed by atoms with van der Waals surface area (Å²) in [7, 11) is 0. The van der Waals surface area contributed by atoms with Crippen LogP contribution >= 0.6 is 0 Å². The van der Waals surface area contributed by atoms with Gasteiger partial charge in [-0.15, -0.1) is 0 Å². The summed E-state index contributed by atoms with van der Waals surface area (Å²) in [6.07, 6.45) is 0.680. The smallest absolute Gasteiger partial charge is 0.0914 e. The van der Waals surface area contributed by atoms with Crippen molar-refractivity contribution in [3.05, 3.63) is 48.0 Å². The summed E-state index contributed by atoms with van der Waals surface area (Å²) in [5, 5.41) is 16.1. The lowest BCUT2D eigenvalue weighted by Crippen LogP contribution is -2.31. The van der Waals surface area contributed by atoms with Gasteiger partial charge in [0, 0.05) is 12.6 Å². The van der Waals surface area contributed by atoms with Crippen LogP contribution in [0.25, 0.3) is 10.8 Å². The summed E-state index contributed by atoms with van der Waals surface area (Å²) in [4.78, 5) is 0. The van der Waals surface area contributed by atoms with Crippen molar-refractivity contribution in [1.29, 1.82) is 0 Å². The second-order valence-corrected chi connectivity index (χ2v) is 6.06. The van der Waals surface area contributed by atoms with Crippen LogP contribution in [-0.4, -0.2) is 17.7 Å². The molecule has 2 aromatic rings. The van der Waals surface area contributed by atoms with Gasteiger partial charge in [-0.2, -0.15) is 0 Å². The molecule has 2 unspecified atom stereocenters. The zero-order valence-electron chi connectivity index (χ0n) is 12.6. The van der Waals surface area contributed by atoms with Gasteiger partial charge >= 0.3 is 0 Å². The van der Waals surface area contributed by atoms with Crippen LogP contribution in [0.1, 0.15) is 38.9 Å². The largest absolute Gasteiger partial charge is 0.387 e. The summed E-state index contributed by atoms with van der Waals surface area (Å²) in [6.45, 7) is 7.22. The highest BCUT2D eigenvalue weighted by atomic mass is 16.3. The molecule has 0 aliphatic rings. The van der Waals surface area contributed by atoms with E-state index in [1.54, 1.807) is 0 Å². The molecule has 0 saturated heterocycles. The van der Waals surface area contributed by atoms with E-state index in [1.165, 1.54) is 10.8 Å². The molecule has 20 heavy (non-hydrogen) atoms. The van der Waals surface area contributed by atoms with Crippen molar-refractivity contribution < 1.29 is 5.11 Å². The van der Waals surface area contributed by atoms with E-state index in [1.807, 2.05) is 18.2 Å². The normalized spacial score (nSPS) is 14.7. The van der Waals surface area contributed by atoms with E-state index in [-0.39, 0.29) is 0 Å². The fourth-order valence-corrected chi connectivity index (χ4v) is 2.64. The lowest BCUT2D eigenvalue weighted by molar-refractivity contribution is 0.169. The summed E-state index contributed by atoms with van der Waals surface area (Å²) >= 11 is 0. The van der Waals surface area contributed by atoms with Crippen molar-refractivity contribution in [2.24, 2.45) is 5.92 Å². The molecular weight excluding hydrogens is 246 g/mol. The molecule has 2 heteroatoms. The molecule has 108 valence electrons. The number of rotatable bonds is 6. The maximum atomic E-state index is 10.3. The maximum Gasteiger partial charge on any atom is 0.0914 e. The minimum atomic E-state index is -0.450. The molecule has 0 heterocycles. The monoisotopic (exact) mass is 271 g/mol. The third-order valence-electron chi connectivity index (χ3n) is 3.64. The molecule has 0 radical (unpaired) electrons. The average molecular weight is 271 g/mol. The number of hydrogen-bond acceptors (Lipinski definition) is 2. The van der Waals surface area contributed by atoms with Crippen LogP contribution in [0.3, 0.4) is 0 Å². The van der Waals surface area contributed by atoms with Gasteiger partial charge in [0.2, 0.25) is 0 Å². The van der Waals surface area contributed by atoms with Crippen molar-refractivity contribution in [2.45, 2.75) is 39.3 Å². The Morgan fingerprint density at radius 3 is 2.40 bits per heavy atom. The van der Waals surface area contributed by atoms with Gasteiger partial charge < -0.3 is 10.4 Å². The Labute approximate surface area is 121 Å². The van der Waals surface area contributed by atoms with E-state index in [0.717, 1.165) is 12.0 Å². The molecule has 2 N–H and O–H groups in total. The molecule has 0 fully saturated rings. The van der Waals surface area contributed by atoms with Crippen LogP contribution in [0.5, 0.6) is 0 Å². The van der Waals surface area contributed by atoms with Crippen molar-refractivity contribution >= 4 is 10.8 Å². The van der Waals surface area contributed by atoms with Crippen LogP contribution in [0.4, 0.5) is 0 Å². The summed E-state index contributed by atoms with van der Waals surface area (Å²) < 4.78 is 0. The molecule has 2 aromatic carbocycles. The molecule has 2 nitrogen and oxygen atoms in total. The first kappa shape index (κ1) is 15.0. The molecule has 0 aromatic heterocycles. The van der Waals surface area contributed by atoms with E-state index < -0.39 is 6.10 Å². The van der Waals surface area contributed by atoms with Gasteiger partial charge in [-0.3, -0.25) is 0 Å². The first-order chi connectivity index (χ1) is 9.56. The molecular formula is C18H25NO. The first-order valence-electron chi connectivity index (χ1n) is 7.46. The Balaban J connectivity index is 1.98. The molecule has 0 saturated carbocycles. The van der Waals surface area contributed by atoms with Crippen LogP contribution < -0.4 is 5.32 Å². The number of fused-ring (bicyclic) bond motifs is 1. The number of nitrogens with one attached hydrogen (secondary N) is 1. The zero-order valence-corrected chi connectivity index (χ0v) is 12.6. The first-order valence-corrected chi connectivity index (χ1v) is 7.46. The van der Waals surface area contributed by atoms with Gasteiger partial charge in [0.1, 0.15) is 0 Å². The Kier molecular flexibility index (Phi) is 5.16. The van der Waals surface area contributed by atoms with Crippen molar-refractivity contribution in [3.8, 4) is 0 Å². The third kappa shape index (κ3) is 4.06. The highest BCUT2D eigenvalue weighted by Gasteiger charge is 2.10. The predicted octanol–water partition coefficient (Wildman–Crippen LogP) is 3.90. The molecule has 0 amide bonds. The van der Waals surface area contributed by atoms with Crippen molar-refractivity contribution in [1.82, 2.24) is 5.32 Å². The second-order valence-electron chi connectivity index (χ2n) is 6.06. The van der Waals surface area contributed by atoms with Gasteiger partial charge in [0.15, 0.2) is 0 Å². The number of aliphatic hydroxyl groups is 1. The average Bonchev–Trinajstić information content (AvgIpc) is 2.43. The van der Waals surface area contributed by atoms with E-state index >= 15 is 0 Å². The van der Waals surface area contributed by atoms with Gasteiger partial charge in [-0.05, 0) is 41.7 Å². The number of aliphatic hydroxyl groups excluding tert-OH is 1. The molecule has 2 atom stereocenters. The lowest BCUT2D eigenvalue weighted by Gasteiger charge is -2.19. The lowest BCUT2D eigenvalue weighted by atomic mass is 10.0. The molecule has 2 rings (SSSR count). The van der Waals surface area contributed by atoms with Gasteiger partial charge in [-0.25, -0.2) is 0 Å². The number of hydrogen-bond donors (Lipinski definition) is 2. The van der Waals surface area contributed by atoms with Crippen LogP contribution in [-0.2, 0) is 0 Å². The highest BCUT2D eigenvalue weighted by molar-refractivity contribution is 5.83. The topological polar surface area (TPSA) is 32.3 Å². The fourth-order valence-electron chi connectivity index (χ4n) is 2.64. The van der Waals surface area contributed by atoms with Gasteiger partial charge in [0.05, 0.1) is 6.10 Å². The minimum absolute atomic E-state index is 0.435. The number of benzene rings is 2. The maximum absolute atomic E-state index is 10.3. The molecule has 0 aliphatic carbocycles. The predicted molar refractivity (Wildman–Crippen MR) is 85.8 cm³/mol. The Morgan fingerprint density at radius 2 is 1.70 bits per heavy atom. The Morgan fingerprint density at radius 1 is 1.00 bits per heavy atom.